The molecule has 0 fully saturated rings. The molecule has 1 aliphatic rings. The maximum absolute atomic E-state index is 13.6. The first-order chi connectivity index (χ1) is 19.5. The van der Waals surface area contributed by atoms with Crippen molar-refractivity contribution in [2.24, 2.45) is 0 Å². The number of carbonyl (C=O) groups is 1. The summed E-state index contributed by atoms with van der Waals surface area (Å²) in [6.07, 6.45) is -8.27. The summed E-state index contributed by atoms with van der Waals surface area (Å²) in [5.74, 6) is 0.632. The molecule has 41 heavy (non-hydrogen) atoms. The smallest absolute Gasteiger partial charge is 0.343 e. The first kappa shape index (κ1) is 27.2. The van der Waals surface area contributed by atoms with Crippen LogP contribution >= 0.6 is 11.8 Å². The number of hydrogen-bond acceptors (Lipinski definition) is 2. The fourth-order valence-electron chi connectivity index (χ4n) is 5.48. The molecule has 1 aliphatic carbocycles. The van der Waals surface area contributed by atoms with Gasteiger partial charge in [-0.2, -0.15) is 26.3 Å². The zero-order valence-electron chi connectivity index (χ0n) is 21.3. The van der Waals surface area contributed by atoms with E-state index in [1.807, 2.05) is 24.3 Å². The van der Waals surface area contributed by atoms with E-state index in [-0.39, 0.29) is 29.2 Å². The van der Waals surface area contributed by atoms with Crippen LogP contribution in [-0.2, 0) is 18.9 Å². The van der Waals surface area contributed by atoms with Gasteiger partial charge in [-0.05, 0) is 64.2 Å². The number of rotatable bonds is 5. The van der Waals surface area contributed by atoms with Crippen molar-refractivity contribution < 1.29 is 31.1 Å². The lowest BCUT2D eigenvalue weighted by Crippen LogP contribution is -2.15. The molecular weight excluding hydrogens is 560 g/mol. The maximum Gasteiger partial charge on any atom is 0.416 e. The molecule has 0 saturated carbocycles. The van der Waals surface area contributed by atoms with Gasteiger partial charge in [0.25, 0.3) is 0 Å². The van der Waals surface area contributed by atoms with Crippen LogP contribution in [0, 0.1) is 0 Å². The Hall–Kier alpha value is -3.98. The van der Waals surface area contributed by atoms with E-state index in [1.54, 1.807) is 30.5 Å². The van der Waals surface area contributed by atoms with Gasteiger partial charge in [-0.25, -0.2) is 0 Å². The summed E-state index contributed by atoms with van der Waals surface area (Å²) < 4.78 is 81.6. The van der Waals surface area contributed by atoms with Crippen LogP contribution in [0.15, 0.2) is 97.2 Å². The first-order valence-electron chi connectivity index (χ1n) is 12.7. The van der Waals surface area contributed by atoms with Crippen LogP contribution in [0.5, 0.6) is 0 Å². The molecule has 208 valence electrons. The van der Waals surface area contributed by atoms with Gasteiger partial charge in [0, 0.05) is 40.9 Å². The van der Waals surface area contributed by atoms with Crippen LogP contribution in [0.1, 0.15) is 44.1 Å². The molecule has 1 aromatic heterocycles. The van der Waals surface area contributed by atoms with Crippen molar-refractivity contribution in [3.63, 3.8) is 0 Å². The summed E-state index contributed by atoms with van der Waals surface area (Å²) >= 11 is 1.22. The van der Waals surface area contributed by atoms with Crippen molar-refractivity contribution in [1.29, 1.82) is 0 Å². The second-order valence-electron chi connectivity index (χ2n) is 9.91. The Balaban J connectivity index is 1.22. The fraction of sp³-hybridized carbons (Fsp3) is 0.156. The van der Waals surface area contributed by atoms with E-state index < -0.39 is 23.5 Å². The van der Waals surface area contributed by atoms with E-state index in [0.29, 0.717) is 28.3 Å². The van der Waals surface area contributed by atoms with E-state index in [4.69, 9.17) is 0 Å². The van der Waals surface area contributed by atoms with Crippen molar-refractivity contribution in [2.75, 3.05) is 5.75 Å². The summed E-state index contributed by atoms with van der Waals surface area (Å²) in [6.45, 7) is -0.279. The number of nitrogens with zero attached hydrogens (tertiary/aromatic N) is 1. The molecule has 0 amide bonds. The van der Waals surface area contributed by atoms with Gasteiger partial charge < -0.3 is 4.57 Å². The van der Waals surface area contributed by atoms with E-state index in [2.05, 4.69) is 24.3 Å². The fourth-order valence-corrected chi connectivity index (χ4v) is 6.46. The summed E-state index contributed by atoms with van der Waals surface area (Å²) in [7, 11) is 0. The van der Waals surface area contributed by atoms with E-state index in [9.17, 15) is 31.1 Å². The summed E-state index contributed by atoms with van der Waals surface area (Å²) in [6, 6.07) is 24.6. The van der Waals surface area contributed by atoms with Crippen LogP contribution in [0.4, 0.5) is 26.3 Å². The number of fused-ring (bicyclic) bond motifs is 4. The topological polar surface area (TPSA) is 22.0 Å². The van der Waals surface area contributed by atoms with Crippen LogP contribution in [0.2, 0.25) is 0 Å². The molecule has 0 atom stereocenters. The molecule has 0 spiro atoms. The third kappa shape index (κ3) is 5.14. The number of halogens is 6. The molecule has 1 heterocycles. The molecule has 0 unspecified atom stereocenters. The molecule has 0 N–H and O–H groups in total. The highest BCUT2D eigenvalue weighted by Gasteiger charge is 2.38. The number of hydrogen-bond donors (Lipinski definition) is 0. The predicted octanol–water partition coefficient (Wildman–Crippen LogP) is 9.41. The number of carbonyl (C=O) groups excluding carboxylic acids is 1. The number of thioether (sulfide) groups is 1. The number of aromatic nitrogens is 1. The van der Waals surface area contributed by atoms with E-state index in [0.717, 1.165) is 6.07 Å². The van der Waals surface area contributed by atoms with Gasteiger partial charge in [-0.3, -0.25) is 4.79 Å². The second-order valence-corrected chi connectivity index (χ2v) is 10.9. The lowest BCUT2D eigenvalue weighted by Gasteiger charge is -2.17. The number of benzene rings is 4. The monoisotopic (exact) mass is 581 g/mol. The molecular formula is C32H21F6NOS. The lowest BCUT2D eigenvalue weighted by molar-refractivity contribution is -0.143. The normalized spacial score (nSPS) is 13.4. The summed E-state index contributed by atoms with van der Waals surface area (Å²) in [4.78, 5) is 13.2. The molecule has 9 heteroatoms. The zero-order valence-corrected chi connectivity index (χ0v) is 22.1. The Labute approximate surface area is 235 Å². The Morgan fingerprint density at radius 3 is 2.05 bits per heavy atom. The van der Waals surface area contributed by atoms with Gasteiger partial charge in [0.1, 0.15) is 0 Å². The van der Waals surface area contributed by atoms with Crippen molar-refractivity contribution >= 4 is 27.8 Å². The van der Waals surface area contributed by atoms with Gasteiger partial charge in [0.15, 0.2) is 0 Å². The van der Waals surface area contributed by atoms with Crippen molar-refractivity contribution in [3.8, 4) is 11.1 Å². The molecule has 0 bridgehead atoms. The first-order valence-corrected chi connectivity index (χ1v) is 13.7. The Morgan fingerprint density at radius 1 is 0.756 bits per heavy atom. The van der Waals surface area contributed by atoms with Crippen molar-refractivity contribution in [2.45, 2.75) is 24.8 Å². The van der Waals surface area contributed by atoms with Crippen LogP contribution in [-0.4, -0.2) is 15.4 Å². The second kappa shape index (κ2) is 10.1. The van der Waals surface area contributed by atoms with Crippen molar-refractivity contribution in [1.82, 2.24) is 4.57 Å². The minimum atomic E-state index is -4.95. The van der Waals surface area contributed by atoms with Gasteiger partial charge in [0.05, 0.1) is 11.1 Å². The largest absolute Gasteiger partial charge is 0.416 e. The zero-order chi connectivity index (χ0) is 28.9. The van der Waals surface area contributed by atoms with Gasteiger partial charge in [-0.15, -0.1) is 0 Å². The average molecular weight is 582 g/mol. The van der Waals surface area contributed by atoms with E-state index >= 15 is 0 Å². The van der Waals surface area contributed by atoms with Gasteiger partial charge in [0.2, 0.25) is 5.12 Å². The average Bonchev–Trinajstić information content (AvgIpc) is 3.49. The molecule has 0 aliphatic heterocycles. The highest BCUT2D eigenvalue weighted by Crippen LogP contribution is 2.46. The SMILES string of the molecule is O=C(SCC1c2ccccc2-c2ccccc21)c1ccc2c(ccn2Cc2ccc(C(F)(F)F)cc2C(F)(F)F)c1. The molecule has 0 saturated heterocycles. The minimum absolute atomic E-state index is 0.0766. The highest BCUT2D eigenvalue weighted by atomic mass is 32.2. The standard InChI is InChI=1S/C32H21F6NOS/c33-31(34,35)22-11-9-21(28(16-22)32(36,37)38)17-39-14-13-19-15-20(10-12-29(19)39)30(40)41-18-27-25-7-3-1-5-23(25)24-6-2-4-8-26(24)27/h1-16,27H,17-18H2. The van der Waals surface area contributed by atoms with Crippen LogP contribution in [0.3, 0.4) is 0 Å². The maximum atomic E-state index is 13.6. The molecule has 5 aromatic rings. The van der Waals surface area contributed by atoms with Gasteiger partial charge in [-0.1, -0.05) is 66.4 Å². The number of alkyl halides is 6. The summed E-state index contributed by atoms with van der Waals surface area (Å²) in [5, 5.41) is 0.525. The van der Waals surface area contributed by atoms with E-state index in [1.165, 1.54) is 38.6 Å². The predicted molar refractivity (Wildman–Crippen MR) is 148 cm³/mol. The van der Waals surface area contributed by atoms with Crippen LogP contribution in [0.25, 0.3) is 22.0 Å². The molecule has 4 aromatic carbocycles. The Bertz CT molecular complexity index is 1740. The Kier molecular flexibility index (Phi) is 6.72. The Morgan fingerprint density at radius 2 is 1.41 bits per heavy atom. The van der Waals surface area contributed by atoms with Crippen LogP contribution < -0.4 is 0 Å². The molecule has 6 rings (SSSR count). The lowest BCUT2D eigenvalue weighted by atomic mass is 9.99. The molecule has 0 radical (unpaired) electrons. The minimum Gasteiger partial charge on any atom is -0.343 e. The quantitative estimate of drug-likeness (QED) is 0.193. The molecule has 2 nitrogen and oxygen atoms in total. The van der Waals surface area contributed by atoms with Crippen molar-refractivity contribution in [3.05, 3.63) is 131 Å². The highest BCUT2D eigenvalue weighted by molar-refractivity contribution is 8.14. The summed E-state index contributed by atoms with van der Waals surface area (Å²) in [5.41, 5.74) is 2.78. The van der Waals surface area contributed by atoms with Gasteiger partial charge >= 0.3 is 12.4 Å². The third-order valence-corrected chi connectivity index (χ3v) is 8.43. The third-order valence-electron chi connectivity index (χ3n) is 7.43.